The Balaban J connectivity index is 2.45. The second-order valence-electron chi connectivity index (χ2n) is 3.64. The van der Waals surface area contributed by atoms with Crippen LogP contribution in [0.15, 0.2) is 12.1 Å². The molecule has 0 bridgehead atoms. The van der Waals surface area contributed by atoms with Gasteiger partial charge < -0.3 is 10.1 Å². The van der Waals surface area contributed by atoms with Crippen LogP contribution in [0.25, 0.3) is 0 Å². The van der Waals surface area contributed by atoms with E-state index >= 15 is 0 Å². The van der Waals surface area contributed by atoms with Crippen LogP contribution < -0.4 is 5.32 Å². The summed E-state index contributed by atoms with van der Waals surface area (Å²) in [6.45, 7) is 0.540. The first-order valence-corrected chi connectivity index (χ1v) is 4.94. The van der Waals surface area contributed by atoms with Crippen LogP contribution in [-0.2, 0) is 9.53 Å². The van der Waals surface area contributed by atoms with Gasteiger partial charge in [0.25, 0.3) is 0 Å². The molecule has 0 radical (unpaired) electrons. The maximum absolute atomic E-state index is 13.1. The molecule has 0 aliphatic carbocycles. The van der Waals surface area contributed by atoms with E-state index in [-0.39, 0.29) is 0 Å². The molecule has 0 aromatic heterocycles. The lowest BCUT2D eigenvalue weighted by molar-refractivity contribution is -0.142. The summed E-state index contributed by atoms with van der Waals surface area (Å²) in [5.41, 5.74) is 0.914. The SMILES string of the molecule is COC(=O)C1CCNc2cc(F)c(F)cc21. The Bertz CT molecular complexity index is 434. The van der Waals surface area contributed by atoms with Crippen LogP contribution in [0.3, 0.4) is 0 Å². The number of fused-ring (bicyclic) bond motifs is 1. The minimum atomic E-state index is -0.948. The van der Waals surface area contributed by atoms with Gasteiger partial charge in [-0.1, -0.05) is 0 Å². The number of halogens is 2. The van der Waals surface area contributed by atoms with Crippen LogP contribution in [0.5, 0.6) is 0 Å². The van der Waals surface area contributed by atoms with Crippen molar-refractivity contribution in [3.8, 4) is 0 Å². The maximum atomic E-state index is 13.1. The summed E-state index contributed by atoms with van der Waals surface area (Å²) in [6, 6.07) is 2.12. The van der Waals surface area contributed by atoms with Crippen molar-refractivity contribution in [3.63, 3.8) is 0 Å². The van der Waals surface area contributed by atoms with E-state index in [0.717, 1.165) is 12.1 Å². The van der Waals surface area contributed by atoms with Crippen LogP contribution in [0.4, 0.5) is 14.5 Å². The lowest BCUT2D eigenvalue weighted by atomic mass is 9.91. The zero-order chi connectivity index (χ0) is 11.7. The molecule has 1 aromatic rings. The van der Waals surface area contributed by atoms with Crippen LogP contribution in [-0.4, -0.2) is 19.6 Å². The van der Waals surface area contributed by atoms with E-state index < -0.39 is 23.5 Å². The average molecular weight is 227 g/mol. The lowest BCUT2D eigenvalue weighted by Crippen LogP contribution is -2.24. The first-order chi connectivity index (χ1) is 7.63. The zero-order valence-electron chi connectivity index (χ0n) is 8.72. The second kappa shape index (κ2) is 4.08. The van der Waals surface area contributed by atoms with Crippen molar-refractivity contribution in [3.05, 3.63) is 29.3 Å². The van der Waals surface area contributed by atoms with Gasteiger partial charge in [-0.15, -0.1) is 0 Å². The van der Waals surface area contributed by atoms with Gasteiger partial charge in [0.2, 0.25) is 0 Å². The molecule has 0 saturated carbocycles. The molecule has 1 aliphatic rings. The van der Waals surface area contributed by atoms with Gasteiger partial charge in [-0.2, -0.15) is 0 Å². The smallest absolute Gasteiger partial charge is 0.313 e. The molecule has 5 heteroatoms. The summed E-state index contributed by atoms with van der Waals surface area (Å²) in [5, 5.41) is 2.93. The van der Waals surface area contributed by atoms with Gasteiger partial charge in [-0.25, -0.2) is 8.78 Å². The molecule has 0 amide bonds. The van der Waals surface area contributed by atoms with Crippen molar-refractivity contribution in [1.29, 1.82) is 0 Å². The summed E-state index contributed by atoms with van der Waals surface area (Å²) in [5.74, 6) is -2.81. The molecule has 1 aromatic carbocycles. The summed E-state index contributed by atoms with van der Waals surface area (Å²) < 4.78 is 30.7. The molecule has 2 rings (SSSR count). The van der Waals surface area contributed by atoms with Gasteiger partial charge in [0.05, 0.1) is 13.0 Å². The van der Waals surface area contributed by atoms with Crippen molar-refractivity contribution in [2.24, 2.45) is 0 Å². The van der Waals surface area contributed by atoms with E-state index in [9.17, 15) is 13.6 Å². The fraction of sp³-hybridized carbons (Fsp3) is 0.364. The minimum absolute atomic E-state index is 0.422. The van der Waals surface area contributed by atoms with E-state index in [4.69, 9.17) is 0 Å². The molecule has 1 atom stereocenters. The zero-order valence-corrected chi connectivity index (χ0v) is 8.72. The summed E-state index contributed by atoms with van der Waals surface area (Å²) >= 11 is 0. The number of rotatable bonds is 1. The first-order valence-electron chi connectivity index (χ1n) is 4.94. The van der Waals surface area contributed by atoms with Crippen molar-refractivity contribution < 1.29 is 18.3 Å². The second-order valence-corrected chi connectivity index (χ2v) is 3.64. The topological polar surface area (TPSA) is 38.3 Å². The van der Waals surface area contributed by atoms with E-state index in [2.05, 4.69) is 10.1 Å². The third-order valence-electron chi connectivity index (χ3n) is 2.70. The molecular weight excluding hydrogens is 216 g/mol. The number of ether oxygens (including phenoxy) is 1. The predicted octanol–water partition coefficient (Wildman–Crippen LogP) is 2.04. The largest absolute Gasteiger partial charge is 0.469 e. The molecule has 3 nitrogen and oxygen atoms in total. The van der Waals surface area contributed by atoms with Crippen molar-refractivity contribution >= 4 is 11.7 Å². The third-order valence-corrected chi connectivity index (χ3v) is 2.70. The number of hydrogen-bond donors (Lipinski definition) is 1. The Kier molecular flexibility index (Phi) is 2.77. The van der Waals surface area contributed by atoms with Crippen molar-refractivity contribution in [2.75, 3.05) is 19.0 Å². The number of anilines is 1. The highest BCUT2D eigenvalue weighted by molar-refractivity contribution is 5.81. The van der Waals surface area contributed by atoms with Crippen LogP contribution in [0.1, 0.15) is 17.9 Å². The highest BCUT2D eigenvalue weighted by Gasteiger charge is 2.28. The summed E-state index contributed by atoms with van der Waals surface area (Å²) in [6.07, 6.45) is 0.519. The lowest BCUT2D eigenvalue weighted by Gasteiger charge is -2.24. The average Bonchev–Trinajstić information content (AvgIpc) is 2.29. The predicted molar refractivity (Wildman–Crippen MR) is 54.2 cm³/mol. The number of benzene rings is 1. The van der Waals surface area contributed by atoms with E-state index in [1.807, 2.05) is 0 Å². The number of hydrogen-bond acceptors (Lipinski definition) is 3. The molecule has 0 spiro atoms. The molecule has 1 N–H and O–H groups in total. The standard InChI is InChI=1S/C11H11F2NO2/c1-16-11(15)6-2-3-14-10-5-9(13)8(12)4-7(6)10/h4-6,14H,2-3H2,1H3. The number of carbonyl (C=O) groups is 1. The third kappa shape index (κ3) is 1.73. The quantitative estimate of drug-likeness (QED) is 0.746. The monoisotopic (exact) mass is 227 g/mol. The molecule has 1 unspecified atom stereocenters. The normalized spacial score (nSPS) is 18.6. The fourth-order valence-corrected chi connectivity index (χ4v) is 1.90. The Labute approximate surface area is 91.4 Å². The Morgan fingerprint density at radius 3 is 2.81 bits per heavy atom. The first kappa shape index (κ1) is 10.9. The van der Waals surface area contributed by atoms with Gasteiger partial charge in [0.15, 0.2) is 11.6 Å². The highest BCUT2D eigenvalue weighted by Crippen LogP contribution is 2.33. The molecule has 0 fully saturated rings. The molecule has 0 saturated heterocycles. The van der Waals surface area contributed by atoms with Crippen LogP contribution >= 0.6 is 0 Å². The van der Waals surface area contributed by atoms with E-state index in [1.54, 1.807) is 0 Å². The molecular formula is C11H11F2NO2. The maximum Gasteiger partial charge on any atom is 0.313 e. The Morgan fingerprint density at radius 1 is 1.44 bits per heavy atom. The van der Waals surface area contributed by atoms with Crippen molar-refractivity contribution in [1.82, 2.24) is 0 Å². The molecule has 16 heavy (non-hydrogen) atoms. The molecule has 86 valence electrons. The number of carbonyl (C=O) groups excluding carboxylic acids is 1. The van der Waals surface area contributed by atoms with E-state index in [1.165, 1.54) is 7.11 Å². The molecule has 1 aliphatic heterocycles. The fourth-order valence-electron chi connectivity index (χ4n) is 1.90. The number of methoxy groups -OCH3 is 1. The van der Waals surface area contributed by atoms with Gasteiger partial charge >= 0.3 is 5.97 Å². The molecule has 1 heterocycles. The number of esters is 1. The van der Waals surface area contributed by atoms with Crippen LogP contribution in [0, 0.1) is 11.6 Å². The van der Waals surface area contributed by atoms with Crippen LogP contribution in [0.2, 0.25) is 0 Å². The van der Waals surface area contributed by atoms with Gasteiger partial charge in [-0.05, 0) is 18.1 Å². The van der Waals surface area contributed by atoms with E-state index in [0.29, 0.717) is 24.2 Å². The van der Waals surface area contributed by atoms with Gasteiger partial charge in [0, 0.05) is 18.3 Å². The number of nitrogens with one attached hydrogen (secondary N) is 1. The minimum Gasteiger partial charge on any atom is -0.469 e. The summed E-state index contributed by atoms with van der Waals surface area (Å²) in [7, 11) is 1.28. The highest BCUT2D eigenvalue weighted by atomic mass is 19.2. The van der Waals surface area contributed by atoms with Crippen molar-refractivity contribution in [2.45, 2.75) is 12.3 Å². The van der Waals surface area contributed by atoms with Gasteiger partial charge in [0.1, 0.15) is 0 Å². The summed E-state index contributed by atoms with van der Waals surface area (Å²) in [4.78, 5) is 11.5. The Morgan fingerprint density at radius 2 is 2.12 bits per heavy atom. The van der Waals surface area contributed by atoms with Gasteiger partial charge in [-0.3, -0.25) is 4.79 Å². The Hall–Kier alpha value is -1.65.